The molecule has 86 valence electrons. The van der Waals surface area contributed by atoms with Gasteiger partial charge in [0.15, 0.2) is 0 Å². The summed E-state index contributed by atoms with van der Waals surface area (Å²) >= 11 is 0. The van der Waals surface area contributed by atoms with Gasteiger partial charge in [-0.25, -0.2) is 0 Å². The van der Waals surface area contributed by atoms with Gasteiger partial charge in [-0.05, 0) is 39.4 Å². The van der Waals surface area contributed by atoms with Crippen molar-refractivity contribution in [2.75, 3.05) is 32.8 Å². The Bertz CT molecular complexity index is 107. The van der Waals surface area contributed by atoms with Crippen molar-refractivity contribution in [2.24, 2.45) is 0 Å². The minimum Gasteiger partial charge on any atom is -0.382 e. The first-order chi connectivity index (χ1) is 6.77. The number of ether oxygens (including phenoxy) is 1. The molecule has 0 bridgehead atoms. The van der Waals surface area contributed by atoms with E-state index in [1.54, 1.807) is 0 Å². The third-order valence-corrected chi connectivity index (χ3v) is 1.93. The number of rotatable bonds is 10. The first-order valence-corrected chi connectivity index (χ1v) is 5.79. The van der Waals surface area contributed by atoms with E-state index in [0.29, 0.717) is 6.04 Å². The zero-order valence-electron chi connectivity index (χ0n) is 9.94. The highest BCUT2D eigenvalue weighted by Crippen LogP contribution is 1.82. The summed E-state index contributed by atoms with van der Waals surface area (Å²) in [5.41, 5.74) is 0. The van der Waals surface area contributed by atoms with E-state index in [4.69, 9.17) is 4.74 Å². The molecule has 2 N–H and O–H groups in total. The van der Waals surface area contributed by atoms with Crippen molar-refractivity contribution in [3.05, 3.63) is 0 Å². The Kier molecular flexibility index (Phi) is 10.9. The molecule has 0 aliphatic carbocycles. The highest BCUT2D eigenvalue weighted by Gasteiger charge is 1.91. The monoisotopic (exact) mass is 202 g/mol. The van der Waals surface area contributed by atoms with Crippen LogP contribution in [0.25, 0.3) is 0 Å². The average molecular weight is 202 g/mol. The van der Waals surface area contributed by atoms with E-state index in [1.807, 2.05) is 6.92 Å². The summed E-state index contributed by atoms with van der Waals surface area (Å²) in [6.45, 7) is 11.4. The second-order valence-electron chi connectivity index (χ2n) is 3.76. The molecular formula is C11H26N2O. The van der Waals surface area contributed by atoms with Crippen molar-refractivity contribution in [1.29, 1.82) is 0 Å². The van der Waals surface area contributed by atoms with Crippen molar-refractivity contribution in [1.82, 2.24) is 10.6 Å². The Morgan fingerprint density at radius 2 is 1.79 bits per heavy atom. The van der Waals surface area contributed by atoms with Gasteiger partial charge in [-0.3, -0.25) is 0 Å². The van der Waals surface area contributed by atoms with Gasteiger partial charge in [-0.15, -0.1) is 0 Å². The van der Waals surface area contributed by atoms with Gasteiger partial charge in [0, 0.05) is 19.3 Å². The highest BCUT2D eigenvalue weighted by atomic mass is 16.5. The molecule has 0 heterocycles. The van der Waals surface area contributed by atoms with Crippen molar-refractivity contribution in [3.63, 3.8) is 0 Å². The van der Waals surface area contributed by atoms with E-state index >= 15 is 0 Å². The standard InChI is InChI=1S/C11H26N2O/c1-4-14-10-6-8-12-7-5-9-13-11(2)3/h11-13H,4-10H2,1-3H3. The van der Waals surface area contributed by atoms with Crippen LogP contribution >= 0.6 is 0 Å². The first kappa shape index (κ1) is 13.9. The Balaban J connectivity index is 2.85. The summed E-state index contributed by atoms with van der Waals surface area (Å²) in [5.74, 6) is 0. The third-order valence-electron chi connectivity index (χ3n) is 1.93. The maximum atomic E-state index is 5.24. The molecule has 0 aliphatic rings. The van der Waals surface area contributed by atoms with Gasteiger partial charge in [-0.2, -0.15) is 0 Å². The largest absolute Gasteiger partial charge is 0.382 e. The second kappa shape index (κ2) is 11.0. The van der Waals surface area contributed by atoms with Crippen LogP contribution in [0.15, 0.2) is 0 Å². The molecule has 0 radical (unpaired) electrons. The van der Waals surface area contributed by atoms with Crippen LogP contribution in [0.1, 0.15) is 33.6 Å². The predicted molar refractivity (Wildman–Crippen MR) is 61.7 cm³/mol. The summed E-state index contributed by atoms with van der Waals surface area (Å²) in [4.78, 5) is 0. The van der Waals surface area contributed by atoms with Gasteiger partial charge in [-0.1, -0.05) is 13.8 Å². The van der Waals surface area contributed by atoms with Crippen molar-refractivity contribution in [3.8, 4) is 0 Å². The van der Waals surface area contributed by atoms with Crippen LogP contribution in [0.5, 0.6) is 0 Å². The van der Waals surface area contributed by atoms with Crippen molar-refractivity contribution < 1.29 is 4.74 Å². The molecular weight excluding hydrogens is 176 g/mol. The van der Waals surface area contributed by atoms with Crippen molar-refractivity contribution in [2.45, 2.75) is 39.7 Å². The van der Waals surface area contributed by atoms with Crippen LogP contribution in [0.2, 0.25) is 0 Å². The summed E-state index contributed by atoms with van der Waals surface area (Å²) in [7, 11) is 0. The van der Waals surface area contributed by atoms with Gasteiger partial charge >= 0.3 is 0 Å². The summed E-state index contributed by atoms with van der Waals surface area (Å²) < 4.78 is 5.24. The highest BCUT2D eigenvalue weighted by molar-refractivity contribution is 4.54. The zero-order valence-corrected chi connectivity index (χ0v) is 9.94. The lowest BCUT2D eigenvalue weighted by atomic mass is 10.3. The Morgan fingerprint density at radius 3 is 2.43 bits per heavy atom. The van der Waals surface area contributed by atoms with E-state index in [1.165, 1.54) is 6.42 Å². The Labute approximate surface area is 88.6 Å². The molecule has 0 rings (SSSR count). The molecule has 0 amide bonds. The smallest absolute Gasteiger partial charge is 0.0477 e. The molecule has 0 saturated heterocycles. The molecule has 0 saturated carbocycles. The van der Waals surface area contributed by atoms with Crippen LogP contribution in [0.3, 0.4) is 0 Å². The third kappa shape index (κ3) is 11.9. The van der Waals surface area contributed by atoms with Crippen LogP contribution in [-0.4, -0.2) is 38.9 Å². The van der Waals surface area contributed by atoms with Crippen LogP contribution in [0, 0.1) is 0 Å². The minimum absolute atomic E-state index is 0.605. The van der Waals surface area contributed by atoms with Gasteiger partial charge < -0.3 is 15.4 Å². The fraction of sp³-hybridized carbons (Fsp3) is 1.00. The molecule has 0 fully saturated rings. The molecule has 0 spiro atoms. The lowest BCUT2D eigenvalue weighted by molar-refractivity contribution is 0.145. The molecule has 3 nitrogen and oxygen atoms in total. The maximum absolute atomic E-state index is 5.24. The fourth-order valence-corrected chi connectivity index (χ4v) is 1.17. The van der Waals surface area contributed by atoms with Crippen LogP contribution in [-0.2, 0) is 4.74 Å². The lowest BCUT2D eigenvalue weighted by Gasteiger charge is -2.08. The molecule has 0 unspecified atom stereocenters. The minimum atomic E-state index is 0.605. The molecule has 3 heteroatoms. The van der Waals surface area contributed by atoms with Gasteiger partial charge in [0.1, 0.15) is 0 Å². The quantitative estimate of drug-likeness (QED) is 0.525. The van der Waals surface area contributed by atoms with Crippen LogP contribution < -0.4 is 10.6 Å². The zero-order chi connectivity index (χ0) is 10.6. The van der Waals surface area contributed by atoms with E-state index in [0.717, 1.165) is 39.3 Å². The van der Waals surface area contributed by atoms with E-state index < -0.39 is 0 Å². The van der Waals surface area contributed by atoms with E-state index in [2.05, 4.69) is 24.5 Å². The van der Waals surface area contributed by atoms with Crippen molar-refractivity contribution >= 4 is 0 Å². The van der Waals surface area contributed by atoms with E-state index in [9.17, 15) is 0 Å². The number of nitrogens with one attached hydrogen (secondary N) is 2. The van der Waals surface area contributed by atoms with Gasteiger partial charge in [0.05, 0.1) is 0 Å². The van der Waals surface area contributed by atoms with Gasteiger partial charge in [0.2, 0.25) is 0 Å². The Morgan fingerprint density at radius 1 is 1.07 bits per heavy atom. The normalized spacial score (nSPS) is 11.1. The van der Waals surface area contributed by atoms with Gasteiger partial charge in [0.25, 0.3) is 0 Å². The molecule has 0 aromatic heterocycles. The number of hydrogen-bond acceptors (Lipinski definition) is 3. The van der Waals surface area contributed by atoms with E-state index in [-0.39, 0.29) is 0 Å². The summed E-state index contributed by atoms with van der Waals surface area (Å²) in [5, 5.41) is 6.79. The predicted octanol–water partition coefficient (Wildman–Crippen LogP) is 1.39. The average Bonchev–Trinajstić information content (AvgIpc) is 2.15. The first-order valence-electron chi connectivity index (χ1n) is 5.79. The van der Waals surface area contributed by atoms with Crippen LogP contribution in [0.4, 0.5) is 0 Å². The lowest BCUT2D eigenvalue weighted by Crippen LogP contribution is -2.27. The fourth-order valence-electron chi connectivity index (χ4n) is 1.17. The molecule has 0 aromatic carbocycles. The molecule has 14 heavy (non-hydrogen) atoms. The number of hydrogen-bond donors (Lipinski definition) is 2. The SMILES string of the molecule is CCOCCCNCCCNC(C)C. The second-order valence-corrected chi connectivity index (χ2v) is 3.76. The molecule has 0 aliphatic heterocycles. The summed E-state index contributed by atoms with van der Waals surface area (Å²) in [6.07, 6.45) is 2.32. The maximum Gasteiger partial charge on any atom is 0.0477 e. The topological polar surface area (TPSA) is 33.3 Å². The molecule has 0 atom stereocenters. The summed E-state index contributed by atoms with van der Waals surface area (Å²) in [6, 6.07) is 0.605. The molecule has 0 aromatic rings. The Hall–Kier alpha value is -0.120.